The van der Waals surface area contributed by atoms with Crippen LogP contribution in [0.4, 0.5) is 0 Å². The van der Waals surface area contributed by atoms with E-state index >= 15 is 0 Å². The predicted octanol–water partition coefficient (Wildman–Crippen LogP) is 10.7. The lowest BCUT2D eigenvalue weighted by atomic mass is 9.88. The van der Waals surface area contributed by atoms with Gasteiger partial charge in [0.1, 0.15) is 11.2 Å². The first-order chi connectivity index (χ1) is 20.7. The van der Waals surface area contributed by atoms with Crippen molar-refractivity contribution in [1.82, 2.24) is 0 Å². The van der Waals surface area contributed by atoms with Gasteiger partial charge in [-0.05, 0) is 70.8 Å². The maximum atomic E-state index is 10.0. The summed E-state index contributed by atoms with van der Waals surface area (Å²) < 4.78 is 8.89. The van der Waals surface area contributed by atoms with Gasteiger partial charge in [-0.1, -0.05) is 72.8 Å². The van der Waals surface area contributed by atoms with Gasteiger partial charge in [-0.15, -0.1) is 11.3 Å². The first-order valence-corrected chi connectivity index (χ1v) is 14.4. The quantitative estimate of drug-likeness (QED) is 0.219. The van der Waals surface area contributed by atoms with Crippen molar-refractivity contribution < 1.29 is 4.42 Å². The topological polar surface area (TPSA) is 60.7 Å². The highest BCUT2D eigenvalue weighted by Crippen LogP contribution is 2.43. The fraction of sp³-hybridized carbons (Fsp3) is 0. The van der Waals surface area contributed by atoms with Crippen molar-refractivity contribution in [3.05, 3.63) is 132 Å². The van der Waals surface area contributed by atoms with Crippen molar-refractivity contribution in [1.29, 1.82) is 10.5 Å². The molecule has 0 amide bonds. The number of nitriles is 2. The minimum absolute atomic E-state index is 0.603. The Morgan fingerprint density at radius 3 is 2.17 bits per heavy atom. The van der Waals surface area contributed by atoms with Crippen LogP contribution in [0.2, 0.25) is 0 Å². The Labute approximate surface area is 245 Å². The molecule has 0 aliphatic rings. The standard InChI is InChI=1S/C38H20N2OS/c39-21-23-12-16-35-33(18-23)31-10-5-9-29(38(31)41-35)25-13-15-28(32(19-25)27-7-2-1-6-26(27)22-40)24-14-17-37-34(20-24)30-8-3-4-11-36(30)42-37/h1-20H. The molecule has 0 N–H and O–H groups in total. The Balaban J connectivity index is 1.38. The summed E-state index contributed by atoms with van der Waals surface area (Å²) in [6, 6.07) is 45.7. The molecular formula is C38H20N2OS. The van der Waals surface area contributed by atoms with Crippen molar-refractivity contribution in [3.8, 4) is 45.5 Å². The zero-order valence-electron chi connectivity index (χ0n) is 22.3. The summed E-state index contributed by atoms with van der Waals surface area (Å²) in [6.07, 6.45) is 0. The second-order valence-corrected chi connectivity index (χ2v) is 11.4. The largest absolute Gasteiger partial charge is 0.455 e. The normalized spacial score (nSPS) is 11.3. The molecule has 0 spiro atoms. The number of para-hydroxylation sites is 1. The van der Waals surface area contributed by atoms with Crippen LogP contribution in [0.25, 0.3) is 75.5 Å². The molecule has 0 bridgehead atoms. The minimum atomic E-state index is 0.603. The molecule has 3 nitrogen and oxygen atoms in total. The zero-order valence-corrected chi connectivity index (χ0v) is 23.1. The molecule has 194 valence electrons. The Kier molecular flexibility index (Phi) is 5.44. The molecule has 0 saturated carbocycles. The van der Waals surface area contributed by atoms with Gasteiger partial charge in [0.2, 0.25) is 0 Å². The molecule has 8 aromatic rings. The van der Waals surface area contributed by atoms with Gasteiger partial charge in [0, 0.05) is 42.1 Å². The summed E-state index contributed by atoms with van der Waals surface area (Å²) in [5.74, 6) is 0. The van der Waals surface area contributed by atoms with Crippen LogP contribution in [-0.2, 0) is 0 Å². The van der Waals surface area contributed by atoms with Crippen molar-refractivity contribution >= 4 is 53.4 Å². The molecule has 0 aliphatic carbocycles. The maximum absolute atomic E-state index is 10.0. The highest BCUT2D eigenvalue weighted by molar-refractivity contribution is 7.25. The van der Waals surface area contributed by atoms with Crippen LogP contribution in [0.5, 0.6) is 0 Å². The van der Waals surface area contributed by atoms with Crippen LogP contribution in [0.15, 0.2) is 126 Å². The van der Waals surface area contributed by atoms with Crippen LogP contribution < -0.4 is 0 Å². The third-order valence-electron chi connectivity index (χ3n) is 7.98. The molecular weight excluding hydrogens is 532 g/mol. The van der Waals surface area contributed by atoms with Crippen molar-refractivity contribution in [3.63, 3.8) is 0 Å². The van der Waals surface area contributed by atoms with Crippen LogP contribution in [-0.4, -0.2) is 0 Å². The summed E-state index contributed by atoms with van der Waals surface area (Å²) in [7, 11) is 0. The van der Waals surface area contributed by atoms with Gasteiger partial charge < -0.3 is 4.42 Å². The van der Waals surface area contributed by atoms with Gasteiger partial charge in [-0.25, -0.2) is 0 Å². The van der Waals surface area contributed by atoms with Gasteiger partial charge in [0.25, 0.3) is 0 Å². The van der Waals surface area contributed by atoms with Gasteiger partial charge in [0.05, 0.1) is 23.3 Å². The van der Waals surface area contributed by atoms with E-state index in [1.807, 2.05) is 48.5 Å². The fourth-order valence-electron chi connectivity index (χ4n) is 5.99. The molecule has 0 saturated heterocycles. The third-order valence-corrected chi connectivity index (χ3v) is 9.13. The van der Waals surface area contributed by atoms with Crippen LogP contribution >= 0.6 is 11.3 Å². The molecule has 0 aliphatic heterocycles. The average Bonchev–Trinajstić information content (AvgIpc) is 3.62. The van der Waals surface area contributed by atoms with E-state index in [1.165, 1.54) is 20.2 Å². The van der Waals surface area contributed by atoms with E-state index < -0.39 is 0 Å². The zero-order chi connectivity index (χ0) is 28.2. The molecule has 0 radical (unpaired) electrons. The number of thiophene rings is 1. The van der Waals surface area contributed by atoms with Gasteiger partial charge in [0.15, 0.2) is 0 Å². The van der Waals surface area contributed by atoms with Crippen molar-refractivity contribution in [2.24, 2.45) is 0 Å². The summed E-state index contributed by atoms with van der Waals surface area (Å²) in [4.78, 5) is 0. The highest BCUT2D eigenvalue weighted by Gasteiger charge is 2.17. The first kappa shape index (κ1) is 24.1. The Morgan fingerprint density at radius 2 is 1.26 bits per heavy atom. The summed E-state index contributed by atoms with van der Waals surface area (Å²) in [5, 5.41) is 23.9. The summed E-state index contributed by atoms with van der Waals surface area (Å²) in [5.41, 5.74) is 8.76. The van der Waals surface area contributed by atoms with Crippen LogP contribution in [0.3, 0.4) is 0 Å². The second kappa shape index (κ2) is 9.46. The van der Waals surface area contributed by atoms with E-state index in [2.05, 4.69) is 78.9 Å². The Bertz CT molecular complexity index is 2450. The number of furan rings is 1. The van der Waals surface area contributed by atoms with E-state index in [4.69, 9.17) is 4.42 Å². The summed E-state index contributed by atoms with van der Waals surface area (Å²) >= 11 is 1.81. The van der Waals surface area contributed by atoms with Crippen molar-refractivity contribution in [2.45, 2.75) is 0 Å². The Morgan fingerprint density at radius 1 is 0.500 bits per heavy atom. The number of fused-ring (bicyclic) bond motifs is 6. The molecule has 0 atom stereocenters. The third kappa shape index (κ3) is 3.71. The molecule has 42 heavy (non-hydrogen) atoms. The molecule has 6 aromatic carbocycles. The number of hydrogen-bond acceptors (Lipinski definition) is 4. The van der Waals surface area contributed by atoms with E-state index in [0.717, 1.165) is 55.3 Å². The van der Waals surface area contributed by atoms with E-state index in [0.29, 0.717) is 11.1 Å². The number of rotatable bonds is 3. The van der Waals surface area contributed by atoms with Gasteiger partial charge in [-0.2, -0.15) is 10.5 Å². The van der Waals surface area contributed by atoms with E-state index in [-0.39, 0.29) is 0 Å². The number of nitrogens with zero attached hydrogens (tertiary/aromatic N) is 2. The molecule has 2 aromatic heterocycles. The maximum Gasteiger partial charge on any atom is 0.143 e. The monoisotopic (exact) mass is 552 g/mol. The molecule has 2 heterocycles. The smallest absolute Gasteiger partial charge is 0.143 e. The predicted molar refractivity (Wildman–Crippen MR) is 172 cm³/mol. The SMILES string of the molecule is N#Cc1ccc2oc3c(-c4ccc(-c5ccc6sc7ccccc7c6c5)c(-c5ccccc5C#N)c4)cccc3c2c1. The number of benzene rings is 6. The first-order valence-electron chi connectivity index (χ1n) is 13.6. The molecule has 0 unspecified atom stereocenters. The average molecular weight is 553 g/mol. The lowest BCUT2D eigenvalue weighted by Gasteiger charge is -2.15. The minimum Gasteiger partial charge on any atom is -0.455 e. The van der Waals surface area contributed by atoms with E-state index in [9.17, 15) is 10.5 Å². The lowest BCUT2D eigenvalue weighted by Crippen LogP contribution is -1.91. The number of hydrogen-bond donors (Lipinski definition) is 0. The van der Waals surface area contributed by atoms with Gasteiger partial charge in [-0.3, -0.25) is 0 Å². The van der Waals surface area contributed by atoms with Crippen LogP contribution in [0.1, 0.15) is 11.1 Å². The van der Waals surface area contributed by atoms with E-state index in [1.54, 1.807) is 17.4 Å². The molecule has 8 rings (SSSR count). The van der Waals surface area contributed by atoms with Crippen LogP contribution in [0, 0.1) is 22.7 Å². The fourth-order valence-corrected chi connectivity index (χ4v) is 7.08. The van der Waals surface area contributed by atoms with Crippen molar-refractivity contribution in [2.75, 3.05) is 0 Å². The highest BCUT2D eigenvalue weighted by atomic mass is 32.1. The second-order valence-electron chi connectivity index (χ2n) is 10.3. The lowest BCUT2D eigenvalue weighted by molar-refractivity contribution is 0.670. The Hall–Kier alpha value is -5.68. The van der Waals surface area contributed by atoms with Gasteiger partial charge >= 0.3 is 0 Å². The molecule has 0 fully saturated rings. The molecule has 4 heteroatoms. The summed E-state index contributed by atoms with van der Waals surface area (Å²) in [6.45, 7) is 0.